The van der Waals surface area contributed by atoms with Crippen molar-refractivity contribution in [2.24, 2.45) is 0 Å². The smallest absolute Gasteiger partial charge is 0.349 e. The van der Waals surface area contributed by atoms with Crippen LogP contribution < -0.4 is 5.32 Å². The van der Waals surface area contributed by atoms with Crippen LogP contribution in [0.15, 0.2) is 42.6 Å². The molecule has 0 bridgehead atoms. The molecule has 1 aliphatic heterocycles. The molecule has 1 aromatic carbocycles. The fourth-order valence-electron chi connectivity index (χ4n) is 3.00. The Hall–Kier alpha value is -2.97. The number of carbonyl (C=O) groups excluding carboxylic acids is 2. The Morgan fingerprint density at radius 3 is 2.32 bits per heavy atom. The maximum atomic E-state index is 13.8. The molecule has 0 aliphatic carbocycles. The lowest BCUT2D eigenvalue weighted by molar-refractivity contribution is -0.141. The van der Waals surface area contributed by atoms with E-state index in [4.69, 9.17) is 0 Å². The quantitative estimate of drug-likeness (QED) is 0.812. The second-order valence-electron chi connectivity index (χ2n) is 6.45. The van der Waals surface area contributed by atoms with Gasteiger partial charge < -0.3 is 10.2 Å². The minimum absolute atomic E-state index is 0.000754. The van der Waals surface area contributed by atoms with Crippen LogP contribution in [0.3, 0.4) is 0 Å². The van der Waals surface area contributed by atoms with E-state index in [0.29, 0.717) is 25.9 Å². The second kappa shape index (κ2) is 7.95. The lowest BCUT2D eigenvalue weighted by atomic mass is 10.0. The van der Waals surface area contributed by atoms with Crippen molar-refractivity contribution in [2.45, 2.75) is 25.1 Å². The predicted molar refractivity (Wildman–Crippen MR) is 92.0 cm³/mol. The highest BCUT2D eigenvalue weighted by Gasteiger charge is 2.32. The van der Waals surface area contributed by atoms with Crippen molar-refractivity contribution in [3.63, 3.8) is 0 Å². The molecule has 1 aliphatic rings. The number of likely N-dealkylation sites (tertiary alicyclic amines) is 1. The standard InChI is InChI=1S/C19H17F4N3O2/c20-15-4-2-1-3-14(15)18(28)26-9-7-13(8-10-26)25-17(27)12-5-6-16(24-11-12)19(21,22)23/h1-6,11,13H,7-10H2,(H,25,27). The normalized spacial score (nSPS) is 15.4. The average molecular weight is 395 g/mol. The molecule has 2 heterocycles. The summed E-state index contributed by atoms with van der Waals surface area (Å²) >= 11 is 0. The van der Waals surface area contributed by atoms with Gasteiger partial charge in [-0.1, -0.05) is 12.1 Å². The van der Waals surface area contributed by atoms with Gasteiger partial charge in [0.15, 0.2) is 0 Å². The molecule has 1 aromatic heterocycles. The second-order valence-corrected chi connectivity index (χ2v) is 6.45. The molecule has 0 atom stereocenters. The fourth-order valence-corrected chi connectivity index (χ4v) is 3.00. The zero-order chi connectivity index (χ0) is 20.3. The Balaban J connectivity index is 1.55. The molecule has 1 N–H and O–H groups in total. The number of benzene rings is 1. The number of hydrogen-bond acceptors (Lipinski definition) is 3. The van der Waals surface area contributed by atoms with Gasteiger partial charge in [-0.2, -0.15) is 13.2 Å². The Labute approximate surface area is 158 Å². The van der Waals surface area contributed by atoms with Crippen LogP contribution in [0, 0.1) is 5.82 Å². The number of amides is 2. The third-order valence-corrected chi connectivity index (χ3v) is 4.54. The van der Waals surface area contributed by atoms with E-state index < -0.39 is 29.5 Å². The summed E-state index contributed by atoms with van der Waals surface area (Å²) in [5, 5.41) is 2.73. The Morgan fingerprint density at radius 1 is 1.07 bits per heavy atom. The number of aromatic nitrogens is 1. The monoisotopic (exact) mass is 395 g/mol. The highest BCUT2D eigenvalue weighted by Crippen LogP contribution is 2.27. The summed E-state index contributed by atoms with van der Waals surface area (Å²) < 4.78 is 51.3. The molecule has 5 nitrogen and oxygen atoms in total. The molecular formula is C19H17F4N3O2. The van der Waals surface area contributed by atoms with E-state index in [-0.39, 0.29) is 17.2 Å². The van der Waals surface area contributed by atoms with E-state index in [1.165, 1.54) is 23.1 Å². The Kier molecular flexibility index (Phi) is 5.62. The Morgan fingerprint density at radius 2 is 1.75 bits per heavy atom. The first-order chi connectivity index (χ1) is 13.3. The first-order valence-electron chi connectivity index (χ1n) is 8.63. The van der Waals surface area contributed by atoms with Crippen molar-refractivity contribution >= 4 is 11.8 Å². The van der Waals surface area contributed by atoms with Crippen LogP contribution in [-0.2, 0) is 6.18 Å². The van der Waals surface area contributed by atoms with Crippen LogP contribution in [0.5, 0.6) is 0 Å². The maximum Gasteiger partial charge on any atom is 0.433 e. The Bertz CT molecular complexity index is 860. The molecule has 0 radical (unpaired) electrons. The lowest BCUT2D eigenvalue weighted by Gasteiger charge is -2.32. The van der Waals surface area contributed by atoms with Gasteiger partial charge in [0, 0.05) is 25.3 Å². The van der Waals surface area contributed by atoms with Crippen LogP contribution >= 0.6 is 0 Å². The van der Waals surface area contributed by atoms with Crippen molar-refractivity contribution in [3.8, 4) is 0 Å². The van der Waals surface area contributed by atoms with Crippen molar-refractivity contribution in [2.75, 3.05) is 13.1 Å². The zero-order valence-electron chi connectivity index (χ0n) is 14.7. The summed E-state index contributed by atoms with van der Waals surface area (Å²) in [5.74, 6) is -1.52. The van der Waals surface area contributed by atoms with Crippen molar-refractivity contribution < 1.29 is 27.2 Å². The summed E-state index contributed by atoms with van der Waals surface area (Å²) in [6, 6.07) is 7.32. The molecular weight excluding hydrogens is 378 g/mol. The van der Waals surface area contributed by atoms with Crippen LogP contribution in [0.1, 0.15) is 39.3 Å². The van der Waals surface area contributed by atoms with E-state index in [0.717, 1.165) is 18.3 Å². The van der Waals surface area contributed by atoms with E-state index in [9.17, 15) is 27.2 Å². The number of alkyl halides is 3. The molecule has 2 aromatic rings. The number of carbonyl (C=O) groups is 2. The third-order valence-electron chi connectivity index (χ3n) is 4.54. The molecule has 0 saturated carbocycles. The van der Waals surface area contributed by atoms with Gasteiger partial charge in [-0.15, -0.1) is 0 Å². The van der Waals surface area contributed by atoms with E-state index in [2.05, 4.69) is 10.3 Å². The number of hydrogen-bond donors (Lipinski definition) is 1. The molecule has 2 amide bonds. The summed E-state index contributed by atoms with van der Waals surface area (Å²) in [5.41, 5.74) is -1.04. The van der Waals surface area contributed by atoms with E-state index in [1.54, 1.807) is 6.07 Å². The summed E-state index contributed by atoms with van der Waals surface area (Å²) in [6.07, 6.45) is -2.76. The van der Waals surface area contributed by atoms with Crippen molar-refractivity contribution in [1.82, 2.24) is 15.2 Å². The molecule has 28 heavy (non-hydrogen) atoms. The van der Waals surface area contributed by atoms with Gasteiger partial charge >= 0.3 is 6.18 Å². The number of halogens is 4. The molecule has 148 valence electrons. The van der Waals surface area contributed by atoms with Crippen LogP contribution in [0.2, 0.25) is 0 Å². The molecule has 0 spiro atoms. The fraction of sp³-hybridized carbons (Fsp3) is 0.316. The van der Waals surface area contributed by atoms with Gasteiger partial charge in [0.05, 0.1) is 11.1 Å². The first-order valence-corrected chi connectivity index (χ1v) is 8.63. The third kappa shape index (κ3) is 4.47. The number of piperidine rings is 1. The molecule has 0 unspecified atom stereocenters. The maximum absolute atomic E-state index is 13.8. The van der Waals surface area contributed by atoms with Gasteiger partial charge in [-0.3, -0.25) is 14.6 Å². The molecule has 3 rings (SSSR count). The average Bonchev–Trinajstić information content (AvgIpc) is 2.68. The van der Waals surface area contributed by atoms with Crippen LogP contribution in [-0.4, -0.2) is 40.8 Å². The summed E-state index contributed by atoms with van der Waals surface area (Å²) in [6.45, 7) is 0.673. The number of nitrogens with zero attached hydrogens (tertiary/aromatic N) is 2. The van der Waals surface area contributed by atoms with E-state index >= 15 is 0 Å². The highest BCUT2D eigenvalue weighted by molar-refractivity contribution is 5.95. The summed E-state index contributed by atoms with van der Waals surface area (Å²) in [7, 11) is 0. The minimum atomic E-state index is -4.56. The predicted octanol–water partition coefficient (Wildman–Crippen LogP) is 3.27. The highest BCUT2D eigenvalue weighted by atomic mass is 19.4. The molecule has 1 saturated heterocycles. The lowest BCUT2D eigenvalue weighted by Crippen LogP contribution is -2.46. The molecule has 9 heteroatoms. The van der Waals surface area contributed by atoms with Gasteiger partial charge in [-0.25, -0.2) is 4.39 Å². The van der Waals surface area contributed by atoms with Gasteiger partial charge in [-0.05, 0) is 37.1 Å². The first kappa shape index (κ1) is 19.8. The minimum Gasteiger partial charge on any atom is -0.349 e. The van der Waals surface area contributed by atoms with Gasteiger partial charge in [0.2, 0.25) is 0 Å². The number of nitrogens with one attached hydrogen (secondary N) is 1. The molecule has 1 fully saturated rings. The van der Waals surface area contributed by atoms with Gasteiger partial charge in [0.1, 0.15) is 11.5 Å². The topological polar surface area (TPSA) is 62.3 Å². The largest absolute Gasteiger partial charge is 0.433 e. The van der Waals surface area contributed by atoms with Crippen molar-refractivity contribution in [1.29, 1.82) is 0 Å². The van der Waals surface area contributed by atoms with E-state index in [1.807, 2.05) is 0 Å². The van der Waals surface area contributed by atoms with Gasteiger partial charge in [0.25, 0.3) is 11.8 Å². The van der Waals surface area contributed by atoms with Crippen LogP contribution in [0.25, 0.3) is 0 Å². The SMILES string of the molecule is O=C(NC1CCN(C(=O)c2ccccc2F)CC1)c1ccc(C(F)(F)F)nc1. The summed E-state index contributed by atoms with van der Waals surface area (Å²) in [4.78, 5) is 29.4. The number of pyridine rings is 1. The van der Waals surface area contributed by atoms with Crippen molar-refractivity contribution in [3.05, 3.63) is 65.2 Å². The number of rotatable bonds is 3. The zero-order valence-corrected chi connectivity index (χ0v) is 14.7. The van der Waals surface area contributed by atoms with Crippen LogP contribution in [0.4, 0.5) is 17.6 Å².